The van der Waals surface area contributed by atoms with E-state index >= 15 is 0 Å². The molecule has 0 saturated heterocycles. The zero-order valence-electron chi connectivity index (χ0n) is 9.79. The fourth-order valence-electron chi connectivity index (χ4n) is 1.56. The zero-order chi connectivity index (χ0) is 11.7. The van der Waals surface area contributed by atoms with Crippen molar-refractivity contribution in [1.29, 1.82) is 0 Å². The van der Waals surface area contributed by atoms with Gasteiger partial charge in [-0.15, -0.1) is 0 Å². The highest BCUT2D eigenvalue weighted by molar-refractivity contribution is 6.08. The maximum atomic E-state index is 11.0. The Morgan fingerprint density at radius 2 is 2.00 bits per heavy atom. The molecule has 0 aliphatic heterocycles. The summed E-state index contributed by atoms with van der Waals surface area (Å²) in [5, 5.41) is 9.07. The number of aliphatic carboxylic acids is 1. The Labute approximate surface area is 92.6 Å². The predicted molar refractivity (Wildman–Crippen MR) is 62.9 cm³/mol. The molecule has 15 heavy (non-hydrogen) atoms. The predicted octanol–water partition coefficient (Wildman–Crippen LogP) is 0.417. The van der Waals surface area contributed by atoms with Crippen molar-refractivity contribution in [1.82, 2.24) is 0 Å². The molecule has 5 heteroatoms. The minimum absolute atomic E-state index is 0.486. The smallest absolute Gasteiger partial charge is 0.323 e. The van der Waals surface area contributed by atoms with E-state index in [0.29, 0.717) is 25.9 Å². The van der Waals surface area contributed by atoms with Gasteiger partial charge in [0.05, 0.1) is 0 Å². The lowest BCUT2D eigenvalue weighted by Gasteiger charge is -2.24. The summed E-state index contributed by atoms with van der Waals surface area (Å²) in [6.45, 7) is 0.569. The molecular formula is C10H22BNO3. The van der Waals surface area contributed by atoms with Gasteiger partial charge in [0.2, 0.25) is 0 Å². The standard InChI is InChI=1S/C10H22BNO3/c1-15-8-4-6-10(12,9(13)14)5-2-3-7-11/h2-8,11-12H2,1H3,(H,13,14). The lowest BCUT2D eigenvalue weighted by molar-refractivity contribution is -0.144. The number of carboxylic acid groups (broad SMARTS) is 1. The normalized spacial score (nSPS) is 14.8. The highest BCUT2D eigenvalue weighted by Crippen LogP contribution is 2.18. The van der Waals surface area contributed by atoms with Gasteiger partial charge in [-0.05, 0) is 19.3 Å². The molecule has 0 aromatic heterocycles. The number of ether oxygens (including phenoxy) is 1. The molecule has 3 N–H and O–H groups in total. The second kappa shape index (κ2) is 7.71. The van der Waals surface area contributed by atoms with Crippen LogP contribution in [0.1, 0.15) is 32.1 Å². The van der Waals surface area contributed by atoms with Crippen LogP contribution in [0.4, 0.5) is 0 Å². The monoisotopic (exact) mass is 215 g/mol. The van der Waals surface area contributed by atoms with Gasteiger partial charge >= 0.3 is 5.97 Å². The molecule has 0 saturated carbocycles. The van der Waals surface area contributed by atoms with Crippen molar-refractivity contribution >= 4 is 13.8 Å². The number of hydrogen-bond acceptors (Lipinski definition) is 3. The SMILES string of the molecule is BCCCCC(N)(CCCOC)C(=O)O. The van der Waals surface area contributed by atoms with Crippen molar-refractivity contribution in [3.8, 4) is 0 Å². The third-order valence-electron chi connectivity index (χ3n) is 2.62. The molecule has 0 heterocycles. The summed E-state index contributed by atoms with van der Waals surface area (Å²) >= 11 is 0. The van der Waals surface area contributed by atoms with Crippen molar-refractivity contribution < 1.29 is 14.6 Å². The zero-order valence-corrected chi connectivity index (χ0v) is 9.79. The summed E-state index contributed by atoms with van der Waals surface area (Å²) in [5.74, 6) is -0.894. The van der Waals surface area contributed by atoms with Crippen molar-refractivity contribution in [2.24, 2.45) is 5.73 Å². The molecule has 0 amide bonds. The van der Waals surface area contributed by atoms with Gasteiger partial charge in [-0.1, -0.05) is 19.2 Å². The van der Waals surface area contributed by atoms with Crippen LogP contribution < -0.4 is 5.73 Å². The number of carboxylic acids is 1. The summed E-state index contributed by atoms with van der Waals surface area (Å²) < 4.78 is 4.89. The summed E-state index contributed by atoms with van der Waals surface area (Å²) in [4.78, 5) is 11.0. The Hall–Kier alpha value is -0.545. The average Bonchev–Trinajstić information content (AvgIpc) is 2.18. The fraction of sp³-hybridized carbons (Fsp3) is 0.900. The summed E-state index contributed by atoms with van der Waals surface area (Å²) in [6.07, 6.45) is 4.74. The van der Waals surface area contributed by atoms with E-state index < -0.39 is 11.5 Å². The van der Waals surface area contributed by atoms with E-state index in [4.69, 9.17) is 15.6 Å². The molecule has 88 valence electrons. The van der Waals surface area contributed by atoms with Gasteiger partial charge in [0, 0.05) is 13.7 Å². The minimum atomic E-state index is -1.06. The first-order valence-corrected chi connectivity index (χ1v) is 5.58. The van der Waals surface area contributed by atoms with Crippen LogP contribution in [0.5, 0.6) is 0 Å². The number of methoxy groups -OCH3 is 1. The Bertz CT molecular complexity index is 178. The lowest BCUT2D eigenvalue weighted by atomic mass is 9.87. The van der Waals surface area contributed by atoms with Gasteiger partial charge in [-0.2, -0.15) is 0 Å². The van der Waals surface area contributed by atoms with E-state index in [2.05, 4.69) is 7.85 Å². The van der Waals surface area contributed by atoms with E-state index in [-0.39, 0.29) is 0 Å². The van der Waals surface area contributed by atoms with Crippen molar-refractivity contribution in [2.45, 2.75) is 44.0 Å². The van der Waals surface area contributed by atoms with Crippen molar-refractivity contribution in [3.05, 3.63) is 0 Å². The van der Waals surface area contributed by atoms with Crippen LogP contribution in [-0.2, 0) is 9.53 Å². The first kappa shape index (κ1) is 14.5. The molecule has 0 fully saturated rings. The maximum absolute atomic E-state index is 11.0. The molecule has 0 aliphatic carbocycles. The van der Waals surface area contributed by atoms with Gasteiger partial charge in [0.25, 0.3) is 0 Å². The quantitative estimate of drug-likeness (QED) is 0.431. The van der Waals surface area contributed by atoms with Crippen LogP contribution in [0.25, 0.3) is 0 Å². The van der Waals surface area contributed by atoms with Crippen molar-refractivity contribution in [3.63, 3.8) is 0 Å². The number of unbranched alkanes of at least 4 members (excludes halogenated alkanes) is 1. The molecule has 0 aliphatic rings. The van der Waals surface area contributed by atoms with Crippen LogP contribution in [-0.4, -0.2) is 38.2 Å². The van der Waals surface area contributed by atoms with E-state index in [1.807, 2.05) is 0 Å². The lowest BCUT2D eigenvalue weighted by Crippen LogP contribution is -2.48. The van der Waals surface area contributed by atoms with E-state index in [1.165, 1.54) is 0 Å². The summed E-state index contributed by atoms with van der Waals surface area (Å²) in [6, 6.07) is 0. The Morgan fingerprint density at radius 1 is 1.40 bits per heavy atom. The topological polar surface area (TPSA) is 72.5 Å². The molecule has 0 rings (SSSR count). The Kier molecular flexibility index (Phi) is 7.43. The number of rotatable bonds is 9. The number of carbonyl (C=O) groups is 1. The highest BCUT2D eigenvalue weighted by atomic mass is 16.5. The molecule has 0 radical (unpaired) electrons. The molecule has 0 aromatic rings. The van der Waals surface area contributed by atoms with E-state index in [1.54, 1.807) is 7.11 Å². The first-order valence-electron chi connectivity index (χ1n) is 5.58. The molecule has 0 spiro atoms. The van der Waals surface area contributed by atoms with Crippen molar-refractivity contribution in [2.75, 3.05) is 13.7 Å². The molecule has 1 unspecified atom stereocenters. The van der Waals surface area contributed by atoms with Gasteiger partial charge in [-0.3, -0.25) is 4.79 Å². The molecule has 4 nitrogen and oxygen atoms in total. The van der Waals surface area contributed by atoms with Gasteiger partial charge in [-0.25, -0.2) is 0 Å². The minimum Gasteiger partial charge on any atom is -0.480 e. The van der Waals surface area contributed by atoms with Crippen LogP contribution in [0.3, 0.4) is 0 Å². The fourth-order valence-corrected chi connectivity index (χ4v) is 1.56. The number of nitrogens with two attached hydrogens (primary N) is 1. The van der Waals surface area contributed by atoms with E-state index in [9.17, 15) is 4.79 Å². The van der Waals surface area contributed by atoms with Gasteiger partial charge in [0.15, 0.2) is 0 Å². The second-order valence-electron chi connectivity index (χ2n) is 4.01. The Balaban J connectivity index is 4.01. The van der Waals surface area contributed by atoms with Crippen LogP contribution in [0.2, 0.25) is 6.32 Å². The Morgan fingerprint density at radius 3 is 2.47 bits per heavy atom. The summed E-state index contributed by atoms with van der Waals surface area (Å²) in [7, 11) is 3.69. The third-order valence-corrected chi connectivity index (χ3v) is 2.62. The average molecular weight is 215 g/mol. The highest BCUT2D eigenvalue weighted by Gasteiger charge is 2.32. The van der Waals surface area contributed by atoms with Crippen LogP contribution in [0, 0.1) is 0 Å². The second-order valence-corrected chi connectivity index (χ2v) is 4.01. The molecule has 1 atom stereocenters. The molecule has 0 aromatic carbocycles. The molecule has 0 bridgehead atoms. The van der Waals surface area contributed by atoms with Gasteiger partial charge < -0.3 is 15.6 Å². The maximum Gasteiger partial charge on any atom is 0.323 e. The van der Waals surface area contributed by atoms with Crippen LogP contribution in [0.15, 0.2) is 0 Å². The largest absolute Gasteiger partial charge is 0.480 e. The molecular weight excluding hydrogens is 193 g/mol. The number of hydrogen-bond donors (Lipinski definition) is 2. The van der Waals surface area contributed by atoms with Crippen LogP contribution >= 0.6 is 0 Å². The first-order chi connectivity index (χ1) is 7.06. The third kappa shape index (κ3) is 5.79. The van der Waals surface area contributed by atoms with Gasteiger partial charge in [0.1, 0.15) is 13.4 Å². The van der Waals surface area contributed by atoms with E-state index in [0.717, 1.165) is 19.2 Å². The summed E-state index contributed by atoms with van der Waals surface area (Å²) in [5.41, 5.74) is 4.81.